The summed E-state index contributed by atoms with van der Waals surface area (Å²) in [5.41, 5.74) is 2.60. The number of benzene rings is 4. The van der Waals surface area contributed by atoms with Crippen LogP contribution in [-0.2, 0) is 32.6 Å². The molecule has 4 rings (SSSR count). The molecule has 4 aromatic rings. The monoisotopic (exact) mass is 693 g/mol. The van der Waals surface area contributed by atoms with E-state index in [0.29, 0.717) is 12.0 Å². The lowest BCUT2D eigenvalue weighted by atomic mass is 10.0. The Morgan fingerprint density at radius 2 is 1.49 bits per heavy atom. The van der Waals surface area contributed by atoms with E-state index in [1.54, 1.807) is 48.5 Å². The third-order valence-electron chi connectivity index (χ3n) is 7.54. The standard InChI is InChI=1S/C35H37BrFN3O4S/c1-4-26(3)38-35(42)33(22-27-8-6-5-7-9-27)39(23-28-12-16-30(37)17-13-28)34(41)24-40(31-18-14-29(36)15-19-31)45(43,44)32-20-10-25(2)11-21-32/h5-21,26,33H,4,22-24H2,1-3H3,(H,38,42). The first-order chi connectivity index (χ1) is 21.5. The smallest absolute Gasteiger partial charge is 0.264 e. The van der Waals surface area contributed by atoms with E-state index in [1.165, 1.54) is 29.2 Å². The molecule has 2 atom stereocenters. The van der Waals surface area contributed by atoms with E-state index in [0.717, 1.165) is 19.9 Å². The number of aryl methyl sites for hydroxylation is 1. The molecule has 1 N–H and O–H groups in total. The molecule has 0 spiro atoms. The maximum absolute atomic E-state index is 14.4. The van der Waals surface area contributed by atoms with Crippen molar-refractivity contribution < 1.29 is 22.4 Å². The number of amides is 2. The van der Waals surface area contributed by atoms with Gasteiger partial charge >= 0.3 is 0 Å². The summed E-state index contributed by atoms with van der Waals surface area (Å²) in [6.45, 7) is 5.08. The molecule has 2 amide bonds. The van der Waals surface area contributed by atoms with Crippen molar-refractivity contribution in [1.82, 2.24) is 10.2 Å². The fourth-order valence-electron chi connectivity index (χ4n) is 4.76. The summed E-state index contributed by atoms with van der Waals surface area (Å²) in [6, 6.07) is 26.9. The van der Waals surface area contributed by atoms with Crippen molar-refractivity contribution in [2.45, 2.75) is 57.1 Å². The highest BCUT2D eigenvalue weighted by molar-refractivity contribution is 9.10. The number of anilines is 1. The fourth-order valence-corrected chi connectivity index (χ4v) is 6.43. The molecule has 45 heavy (non-hydrogen) atoms. The summed E-state index contributed by atoms with van der Waals surface area (Å²) in [4.78, 5) is 29.7. The number of nitrogens with zero attached hydrogens (tertiary/aromatic N) is 2. The average molecular weight is 695 g/mol. The van der Waals surface area contributed by atoms with Crippen LogP contribution >= 0.6 is 15.9 Å². The predicted molar refractivity (Wildman–Crippen MR) is 179 cm³/mol. The second-order valence-corrected chi connectivity index (χ2v) is 13.8. The average Bonchev–Trinajstić information content (AvgIpc) is 3.03. The number of nitrogens with one attached hydrogen (secondary N) is 1. The Morgan fingerprint density at radius 3 is 2.09 bits per heavy atom. The van der Waals surface area contributed by atoms with Crippen molar-refractivity contribution in [2.75, 3.05) is 10.8 Å². The summed E-state index contributed by atoms with van der Waals surface area (Å²) < 4.78 is 43.8. The molecule has 0 aliphatic carbocycles. The molecule has 0 heterocycles. The Bertz CT molecular complexity index is 1680. The SMILES string of the molecule is CCC(C)NC(=O)C(Cc1ccccc1)N(Cc1ccc(F)cc1)C(=O)CN(c1ccc(Br)cc1)S(=O)(=O)c1ccc(C)cc1. The zero-order valence-corrected chi connectivity index (χ0v) is 27.9. The van der Waals surface area contributed by atoms with Crippen LogP contribution in [0.15, 0.2) is 112 Å². The minimum absolute atomic E-state index is 0.0317. The highest BCUT2D eigenvalue weighted by atomic mass is 79.9. The number of rotatable bonds is 13. The largest absolute Gasteiger partial charge is 0.352 e. The number of carbonyl (C=O) groups excluding carboxylic acids is 2. The quantitative estimate of drug-likeness (QED) is 0.170. The van der Waals surface area contributed by atoms with Gasteiger partial charge in [0.25, 0.3) is 10.0 Å². The van der Waals surface area contributed by atoms with Crippen molar-refractivity contribution in [3.63, 3.8) is 0 Å². The van der Waals surface area contributed by atoms with Gasteiger partial charge in [-0.2, -0.15) is 0 Å². The Kier molecular flexibility index (Phi) is 11.5. The second kappa shape index (κ2) is 15.3. The van der Waals surface area contributed by atoms with Crippen LogP contribution in [0.25, 0.3) is 0 Å². The van der Waals surface area contributed by atoms with E-state index >= 15 is 0 Å². The Morgan fingerprint density at radius 1 is 0.867 bits per heavy atom. The number of sulfonamides is 1. The van der Waals surface area contributed by atoms with Gasteiger partial charge in [0.1, 0.15) is 18.4 Å². The Balaban J connectivity index is 1.80. The predicted octanol–water partition coefficient (Wildman–Crippen LogP) is 6.65. The van der Waals surface area contributed by atoms with Crippen LogP contribution < -0.4 is 9.62 Å². The molecular formula is C35H37BrFN3O4S. The Labute approximate surface area is 273 Å². The second-order valence-electron chi connectivity index (χ2n) is 11.0. The van der Waals surface area contributed by atoms with Gasteiger partial charge in [-0.1, -0.05) is 83.0 Å². The first-order valence-corrected chi connectivity index (χ1v) is 16.9. The van der Waals surface area contributed by atoms with E-state index in [4.69, 9.17) is 0 Å². The molecule has 236 valence electrons. The highest BCUT2D eigenvalue weighted by Crippen LogP contribution is 2.27. The normalized spacial score (nSPS) is 12.6. The van der Waals surface area contributed by atoms with Crippen LogP contribution in [0.4, 0.5) is 10.1 Å². The highest BCUT2D eigenvalue weighted by Gasteiger charge is 2.35. The summed E-state index contributed by atoms with van der Waals surface area (Å²) in [7, 11) is -4.20. The summed E-state index contributed by atoms with van der Waals surface area (Å²) in [5, 5.41) is 3.00. The zero-order chi connectivity index (χ0) is 32.6. The molecule has 0 saturated heterocycles. The number of carbonyl (C=O) groups is 2. The van der Waals surface area contributed by atoms with Crippen molar-refractivity contribution >= 4 is 43.5 Å². The molecule has 0 fully saturated rings. The van der Waals surface area contributed by atoms with Crippen molar-refractivity contribution in [3.8, 4) is 0 Å². The molecule has 0 bridgehead atoms. The van der Waals surface area contributed by atoms with E-state index in [2.05, 4.69) is 21.2 Å². The van der Waals surface area contributed by atoms with Crippen LogP contribution in [0.2, 0.25) is 0 Å². The zero-order valence-electron chi connectivity index (χ0n) is 25.5. The van der Waals surface area contributed by atoms with Gasteiger partial charge < -0.3 is 10.2 Å². The van der Waals surface area contributed by atoms with Crippen LogP contribution in [0.3, 0.4) is 0 Å². The first-order valence-electron chi connectivity index (χ1n) is 14.7. The van der Waals surface area contributed by atoms with E-state index in [1.807, 2.05) is 51.1 Å². The van der Waals surface area contributed by atoms with Gasteiger partial charge in [0.2, 0.25) is 11.8 Å². The van der Waals surface area contributed by atoms with Gasteiger partial charge in [0.05, 0.1) is 10.6 Å². The molecule has 0 aliphatic rings. The molecule has 0 aromatic heterocycles. The van der Waals surface area contributed by atoms with Crippen molar-refractivity contribution in [1.29, 1.82) is 0 Å². The molecule has 10 heteroatoms. The van der Waals surface area contributed by atoms with Gasteiger partial charge in [-0.3, -0.25) is 13.9 Å². The fraction of sp³-hybridized carbons (Fsp3) is 0.257. The van der Waals surface area contributed by atoms with Gasteiger partial charge in [-0.15, -0.1) is 0 Å². The number of halogens is 2. The molecule has 0 aliphatic heterocycles. The van der Waals surface area contributed by atoms with Gasteiger partial charge in [-0.25, -0.2) is 12.8 Å². The van der Waals surface area contributed by atoms with Crippen LogP contribution in [0.1, 0.15) is 37.0 Å². The lowest BCUT2D eigenvalue weighted by Crippen LogP contribution is -2.54. The minimum atomic E-state index is -4.20. The van der Waals surface area contributed by atoms with Crippen LogP contribution in [-0.4, -0.2) is 43.8 Å². The maximum Gasteiger partial charge on any atom is 0.264 e. The van der Waals surface area contributed by atoms with Gasteiger partial charge in [-0.05, 0) is 79.9 Å². The van der Waals surface area contributed by atoms with Crippen LogP contribution in [0, 0.1) is 12.7 Å². The third-order valence-corrected chi connectivity index (χ3v) is 9.86. The van der Waals surface area contributed by atoms with Crippen LogP contribution in [0.5, 0.6) is 0 Å². The number of hydrogen-bond donors (Lipinski definition) is 1. The van der Waals surface area contributed by atoms with Crippen molar-refractivity contribution in [3.05, 3.63) is 130 Å². The summed E-state index contributed by atoms with van der Waals surface area (Å²) in [6.07, 6.45) is 0.876. The van der Waals surface area contributed by atoms with E-state index in [9.17, 15) is 22.4 Å². The topological polar surface area (TPSA) is 86.8 Å². The molecule has 0 radical (unpaired) electrons. The Hall–Kier alpha value is -4.02. The van der Waals surface area contributed by atoms with E-state index in [-0.39, 0.29) is 35.5 Å². The minimum Gasteiger partial charge on any atom is -0.352 e. The summed E-state index contributed by atoms with van der Waals surface area (Å²) in [5.74, 6) is -1.38. The van der Waals surface area contributed by atoms with Crippen molar-refractivity contribution in [2.24, 2.45) is 0 Å². The molecule has 0 saturated carbocycles. The van der Waals surface area contributed by atoms with E-state index < -0.39 is 34.3 Å². The molecule has 4 aromatic carbocycles. The lowest BCUT2D eigenvalue weighted by molar-refractivity contribution is -0.140. The summed E-state index contributed by atoms with van der Waals surface area (Å²) >= 11 is 3.39. The lowest BCUT2D eigenvalue weighted by Gasteiger charge is -2.34. The third kappa shape index (κ3) is 9.02. The maximum atomic E-state index is 14.4. The van der Waals surface area contributed by atoms with Gasteiger partial charge in [0, 0.05) is 23.5 Å². The first kappa shape index (κ1) is 33.9. The molecule has 2 unspecified atom stereocenters. The number of hydrogen-bond acceptors (Lipinski definition) is 4. The molecular weight excluding hydrogens is 657 g/mol. The molecule has 7 nitrogen and oxygen atoms in total. The van der Waals surface area contributed by atoms with Gasteiger partial charge in [0.15, 0.2) is 0 Å².